The molecule has 0 spiro atoms. The number of guanidine groups is 1. The van der Waals surface area contributed by atoms with Gasteiger partial charge in [0.05, 0.1) is 12.2 Å². The van der Waals surface area contributed by atoms with E-state index >= 15 is 0 Å². The summed E-state index contributed by atoms with van der Waals surface area (Å²) in [5.41, 5.74) is 4.51. The van der Waals surface area contributed by atoms with E-state index < -0.39 is 0 Å². The highest BCUT2D eigenvalue weighted by Crippen LogP contribution is 2.09. The molecule has 2 N–H and O–H groups in total. The molecule has 0 saturated carbocycles. The van der Waals surface area contributed by atoms with Crippen molar-refractivity contribution in [1.29, 1.82) is 0 Å². The Morgan fingerprint density at radius 3 is 2.68 bits per heavy atom. The lowest BCUT2D eigenvalue weighted by atomic mass is 10.1. The Kier molecular flexibility index (Phi) is 4.97. The Bertz CT molecular complexity index is 913. The topological polar surface area (TPSA) is 53.7 Å². The SMILES string of the molecule is CN=C(NCc1ccc(C)c(F)c1)NCc1cn2c(C)cccc2n1. The predicted octanol–water partition coefficient (Wildman–Crippen LogP) is 2.96. The molecule has 3 aromatic rings. The van der Waals surface area contributed by atoms with Gasteiger partial charge in [-0.3, -0.25) is 4.99 Å². The molecular formula is C19H22FN5. The quantitative estimate of drug-likeness (QED) is 0.568. The van der Waals surface area contributed by atoms with Crippen LogP contribution in [0.4, 0.5) is 4.39 Å². The second-order valence-electron chi connectivity index (χ2n) is 5.99. The van der Waals surface area contributed by atoms with Crippen molar-refractivity contribution in [2.24, 2.45) is 4.99 Å². The van der Waals surface area contributed by atoms with Gasteiger partial charge in [0.1, 0.15) is 11.5 Å². The Morgan fingerprint density at radius 1 is 1.16 bits per heavy atom. The summed E-state index contributed by atoms with van der Waals surface area (Å²) in [5, 5.41) is 6.42. The number of imidazole rings is 1. The Morgan fingerprint density at radius 2 is 1.96 bits per heavy atom. The van der Waals surface area contributed by atoms with Gasteiger partial charge >= 0.3 is 0 Å². The number of halogens is 1. The van der Waals surface area contributed by atoms with Crippen LogP contribution in [0.15, 0.2) is 47.6 Å². The third kappa shape index (κ3) is 3.96. The van der Waals surface area contributed by atoms with Crippen LogP contribution in [0.1, 0.15) is 22.5 Å². The second-order valence-corrected chi connectivity index (χ2v) is 5.99. The number of rotatable bonds is 4. The maximum atomic E-state index is 13.6. The summed E-state index contributed by atoms with van der Waals surface area (Å²) in [6.07, 6.45) is 2.01. The lowest BCUT2D eigenvalue weighted by Crippen LogP contribution is -2.36. The summed E-state index contributed by atoms with van der Waals surface area (Å²) in [6.45, 7) is 4.86. The molecule has 6 heteroatoms. The lowest BCUT2D eigenvalue weighted by molar-refractivity contribution is 0.615. The van der Waals surface area contributed by atoms with Gasteiger partial charge in [-0.1, -0.05) is 18.2 Å². The third-order valence-corrected chi connectivity index (χ3v) is 4.10. The average Bonchev–Trinajstić information content (AvgIpc) is 3.02. The number of hydrogen-bond acceptors (Lipinski definition) is 2. The third-order valence-electron chi connectivity index (χ3n) is 4.10. The van der Waals surface area contributed by atoms with E-state index in [0.717, 1.165) is 22.6 Å². The van der Waals surface area contributed by atoms with E-state index in [4.69, 9.17) is 0 Å². The normalized spacial score (nSPS) is 11.8. The summed E-state index contributed by atoms with van der Waals surface area (Å²) >= 11 is 0. The van der Waals surface area contributed by atoms with Crippen LogP contribution >= 0.6 is 0 Å². The van der Waals surface area contributed by atoms with Gasteiger partial charge in [0.2, 0.25) is 0 Å². The molecule has 25 heavy (non-hydrogen) atoms. The number of nitrogens with one attached hydrogen (secondary N) is 2. The second kappa shape index (κ2) is 7.34. The van der Waals surface area contributed by atoms with Gasteiger partial charge < -0.3 is 15.0 Å². The maximum absolute atomic E-state index is 13.6. The number of benzene rings is 1. The average molecular weight is 339 g/mol. The molecule has 0 atom stereocenters. The minimum Gasteiger partial charge on any atom is -0.352 e. The summed E-state index contributed by atoms with van der Waals surface area (Å²) in [7, 11) is 1.71. The largest absolute Gasteiger partial charge is 0.352 e. The number of aromatic nitrogens is 2. The van der Waals surface area contributed by atoms with Crippen molar-refractivity contribution in [2.45, 2.75) is 26.9 Å². The summed E-state index contributed by atoms with van der Waals surface area (Å²) in [4.78, 5) is 8.78. The lowest BCUT2D eigenvalue weighted by Gasteiger charge is -2.11. The van der Waals surface area contributed by atoms with E-state index in [1.165, 1.54) is 0 Å². The van der Waals surface area contributed by atoms with E-state index in [0.29, 0.717) is 24.6 Å². The molecule has 0 bridgehead atoms. The molecule has 0 aliphatic heterocycles. The molecule has 0 unspecified atom stereocenters. The maximum Gasteiger partial charge on any atom is 0.191 e. The van der Waals surface area contributed by atoms with Crippen molar-refractivity contribution in [2.75, 3.05) is 7.05 Å². The number of nitrogens with zero attached hydrogens (tertiary/aromatic N) is 3. The van der Waals surface area contributed by atoms with Crippen molar-refractivity contribution in [3.8, 4) is 0 Å². The first-order chi connectivity index (χ1) is 12.1. The first kappa shape index (κ1) is 17.0. The smallest absolute Gasteiger partial charge is 0.191 e. The fourth-order valence-electron chi connectivity index (χ4n) is 2.61. The summed E-state index contributed by atoms with van der Waals surface area (Å²) in [5.74, 6) is 0.456. The van der Waals surface area contributed by atoms with Crippen LogP contribution in [-0.2, 0) is 13.1 Å². The molecule has 0 radical (unpaired) electrons. The van der Waals surface area contributed by atoms with Crippen LogP contribution in [0.2, 0.25) is 0 Å². The van der Waals surface area contributed by atoms with Crippen molar-refractivity contribution in [1.82, 2.24) is 20.0 Å². The minimum atomic E-state index is -0.192. The molecule has 2 heterocycles. The van der Waals surface area contributed by atoms with Crippen LogP contribution in [0, 0.1) is 19.7 Å². The molecule has 0 fully saturated rings. The molecule has 3 rings (SSSR count). The highest BCUT2D eigenvalue weighted by Gasteiger charge is 2.05. The van der Waals surface area contributed by atoms with E-state index in [2.05, 4.69) is 25.0 Å². The molecule has 0 amide bonds. The van der Waals surface area contributed by atoms with E-state index in [-0.39, 0.29) is 5.82 Å². The summed E-state index contributed by atoms with van der Waals surface area (Å²) in [6, 6.07) is 11.3. The molecule has 2 aromatic heterocycles. The first-order valence-electron chi connectivity index (χ1n) is 8.20. The van der Waals surface area contributed by atoms with Crippen molar-refractivity contribution >= 4 is 11.6 Å². The van der Waals surface area contributed by atoms with Gasteiger partial charge in [-0.25, -0.2) is 9.37 Å². The van der Waals surface area contributed by atoms with Crippen LogP contribution in [0.25, 0.3) is 5.65 Å². The first-order valence-corrected chi connectivity index (χ1v) is 8.20. The Hall–Kier alpha value is -2.89. The zero-order valence-electron chi connectivity index (χ0n) is 14.7. The number of pyridine rings is 1. The summed E-state index contributed by atoms with van der Waals surface area (Å²) < 4.78 is 15.7. The predicted molar refractivity (Wildman–Crippen MR) is 98.1 cm³/mol. The molecule has 0 saturated heterocycles. The van der Waals surface area contributed by atoms with Crippen LogP contribution < -0.4 is 10.6 Å². The van der Waals surface area contributed by atoms with E-state index in [9.17, 15) is 4.39 Å². The van der Waals surface area contributed by atoms with Crippen LogP contribution in [-0.4, -0.2) is 22.4 Å². The molecule has 130 valence electrons. The van der Waals surface area contributed by atoms with Gasteiger partial charge in [-0.15, -0.1) is 0 Å². The van der Waals surface area contributed by atoms with Gasteiger partial charge in [-0.2, -0.15) is 0 Å². The zero-order valence-corrected chi connectivity index (χ0v) is 14.7. The van der Waals surface area contributed by atoms with Gasteiger partial charge in [0, 0.05) is 25.5 Å². The van der Waals surface area contributed by atoms with Gasteiger partial charge in [0.15, 0.2) is 5.96 Å². The van der Waals surface area contributed by atoms with Crippen LogP contribution in [0.5, 0.6) is 0 Å². The fourth-order valence-corrected chi connectivity index (χ4v) is 2.61. The number of hydrogen-bond donors (Lipinski definition) is 2. The van der Waals surface area contributed by atoms with E-state index in [1.54, 1.807) is 26.1 Å². The molecule has 0 aliphatic carbocycles. The highest BCUT2D eigenvalue weighted by molar-refractivity contribution is 5.79. The molecule has 1 aromatic carbocycles. The minimum absolute atomic E-state index is 0.192. The van der Waals surface area contributed by atoms with Crippen molar-refractivity contribution in [3.05, 3.63) is 70.9 Å². The van der Waals surface area contributed by atoms with Gasteiger partial charge in [-0.05, 0) is 43.2 Å². The molecule has 0 aliphatic rings. The van der Waals surface area contributed by atoms with E-state index in [1.807, 2.05) is 37.4 Å². The van der Waals surface area contributed by atoms with Crippen molar-refractivity contribution < 1.29 is 4.39 Å². The number of fused-ring (bicyclic) bond motifs is 1. The number of aliphatic imine (C=N–C) groups is 1. The van der Waals surface area contributed by atoms with Crippen molar-refractivity contribution in [3.63, 3.8) is 0 Å². The van der Waals surface area contributed by atoms with Crippen LogP contribution in [0.3, 0.4) is 0 Å². The molecular weight excluding hydrogens is 317 g/mol. The number of aryl methyl sites for hydroxylation is 2. The Labute approximate surface area is 146 Å². The standard InChI is InChI=1S/C19H22FN5/c1-13-7-8-15(9-17(13)20)10-22-19(21-3)23-11-16-12-25-14(2)5-4-6-18(25)24-16/h4-9,12H,10-11H2,1-3H3,(H2,21,22,23). The fraction of sp³-hybridized carbons (Fsp3) is 0.263. The zero-order chi connectivity index (χ0) is 17.8. The Balaban J connectivity index is 1.60. The van der Waals surface area contributed by atoms with Gasteiger partial charge in [0.25, 0.3) is 0 Å². The highest BCUT2D eigenvalue weighted by atomic mass is 19.1. The monoisotopic (exact) mass is 339 g/mol. The molecule has 5 nitrogen and oxygen atoms in total.